The van der Waals surface area contributed by atoms with E-state index in [2.05, 4.69) is 31.1 Å². The van der Waals surface area contributed by atoms with Crippen molar-refractivity contribution in [2.75, 3.05) is 13.2 Å². The number of hydrogen-bond acceptors (Lipinski definition) is 2. The molecule has 0 aromatic carbocycles. The van der Waals surface area contributed by atoms with Gasteiger partial charge in [0.2, 0.25) is 0 Å². The van der Waals surface area contributed by atoms with Gasteiger partial charge in [0.25, 0.3) is 0 Å². The molecule has 2 unspecified atom stereocenters. The Labute approximate surface area is 110 Å². The number of nitrogens with two attached hydrogens (primary N) is 1. The van der Waals surface area contributed by atoms with Crippen molar-refractivity contribution in [3.05, 3.63) is 0 Å². The molecule has 1 aliphatic heterocycles. The predicted molar refractivity (Wildman–Crippen MR) is 74.6 cm³/mol. The van der Waals surface area contributed by atoms with Gasteiger partial charge in [-0.25, -0.2) is 0 Å². The molecule has 104 valence electrons. The topological polar surface area (TPSA) is 59.6 Å². The van der Waals surface area contributed by atoms with Gasteiger partial charge in [-0.3, -0.25) is 4.99 Å². The van der Waals surface area contributed by atoms with Gasteiger partial charge in [-0.1, -0.05) is 20.8 Å². The van der Waals surface area contributed by atoms with Crippen molar-refractivity contribution in [2.45, 2.75) is 58.6 Å². The monoisotopic (exact) mass is 253 g/mol. The Morgan fingerprint density at radius 2 is 2.06 bits per heavy atom. The van der Waals surface area contributed by atoms with Crippen LogP contribution in [0.15, 0.2) is 4.99 Å². The van der Waals surface area contributed by atoms with Gasteiger partial charge < -0.3 is 15.8 Å². The van der Waals surface area contributed by atoms with Crippen LogP contribution in [0.25, 0.3) is 0 Å². The van der Waals surface area contributed by atoms with Crippen LogP contribution in [0.4, 0.5) is 0 Å². The molecular formula is C14H27N3O. The van der Waals surface area contributed by atoms with Crippen LogP contribution in [0, 0.1) is 11.3 Å². The van der Waals surface area contributed by atoms with Crippen molar-refractivity contribution in [3.8, 4) is 0 Å². The molecule has 2 atom stereocenters. The number of hydrogen-bond donors (Lipinski definition) is 2. The molecule has 1 aliphatic carbocycles. The van der Waals surface area contributed by atoms with Crippen molar-refractivity contribution in [3.63, 3.8) is 0 Å². The fourth-order valence-electron chi connectivity index (χ4n) is 2.69. The Balaban J connectivity index is 1.88. The highest BCUT2D eigenvalue weighted by molar-refractivity contribution is 5.78. The summed E-state index contributed by atoms with van der Waals surface area (Å²) in [4.78, 5) is 4.50. The van der Waals surface area contributed by atoms with Crippen molar-refractivity contribution < 1.29 is 4.74 Å². The first-order valence-corrected chi connectivity index (χ1v) is 7.15. The molecule has 18 heavy (non-hydrogen) atoms. The number of rotatable bonds is 3. The molecule has 0 radical (unpaired) electrons. The molecule has 0 amide bonds. The fourth-order valence-corrected chi connectivity index (χ4v) is 2.69. The molecule has 2 aliphatic rings. The molecule has 1 saturated heterocycles. The van der Waals surface area contributed by atoms with E-state index >= 15 is 0 Å². The molecule has 1 heterocycles. The van der Waals surface area contributed by atoms with E-state index in [1.807, 2.05) is 0 Å². The minimum atomic E-state index is 0.180. The van der Waals surface area contributed by atoms with E-state index in [1.165, 1.54) is 19.3 Å². The predicted octanol–water partition coefficient (Wildman–Crippen LogP) is 1.89. The minimum Gasteiger partial charge on any atom is -0.377 e. The third-order valence-corrected chi connectivity index (χ3v) is 3.72. The summed E-state index contributed by atoms with van der Waals surface area (Å²) in [5, 5.41) is 3.23. The Morgan fingerprint density at radius 1 is 1.33 bits per heavy atom. The van der Waals surface area contributed by atoms with Gasteiger partial charge in [0, 0.05) is 25.1 Å². The van der Waals surface area contributed by atoms with Gasteiger partial charge in [-0.05, 0) is 31.1 Å². The molecule has 4 nitrogen and oxygen atoms in total. The lowest BCUT2D eigenvalue weighted by Crippen LogP contribution is -2.42. The zero-order valence-electron chi connectivity index (χ0n) is 11.9. The summed E-state index contributed by atoms with van der Waals surface area (Å²) in [6.07, 6.45) is 5.09. The Morgan fingerprint density at radius 3 is 2.67 bits per heavy atom. The zero-order valence-corrected chi connectivity index (χ0v) is 11.9. The van der Waals surface area contributed by atoms with Crippen LogP contribution >= 0.6 is 0 Å². The second-order valence-electron chi connectivity index (χ2n) is 6.70. The van der Waals surface area contributed by atoms with E-state index in [4.69, 9.17) is 10.5 Å². The van der Waals surface area contributed by atoms with Crippen molar-refractivity contribution in [1.82, 2.24) is 5.32 Å². The summed E-state index contributed by atoms with van der Waals surface area (Å²) >= 11 is 0. The smallest absolute Gasteiger partial charge is 0.188 e. The minimum absolute atomic E-state index is 0.180. The lowest BCUT2D eigenvalue weighted by atomic mass is 9.78. The Kier molecular flexibility index (Phi) is 4.15. The molecule has 3 N–H and O–H groups in total. The standard InChI is InChI=1S/C14H27N3O/c1-14(2,3)12-10(5-4-8-18-12)9-16-13(15)17-11-6-7-11/h10-12H,4-9H2,1-3H3,(H3,15,16,17). The molecule has 2 fully saturated rings. The Bertz CT molecular complexity index is 305. The van der Waals surface area contributed by atoms with Gasteiger partial charge in [0.15, 0.2) is 5.96 Å². The second-order valence-corrected chi connectivity index (χ2v) is 6.70. The molecule has 0 aromatic rings. The number of nitrogens with one attached hydrogen (secondary N) is 1. The SMILES string of the molecule is CC(C)(C)C1OCCCC1CN=C(N)NC1CC1. The van der Waals surface area contributed by atoms with E-state index in [9.17, 15) is 0 Å². The van der Waals surface area contributed by atoms with Gasteiger partial charge >= 0.3 is 0 Å². The van der Waals surface area contributed by atoms with Crippen LogP contribution in [0.1, 0.15) is 46.5 Å². The molecule has 2 rings (SSSR count). The van der Waals surface area contributed by atoms with Crippen LogP contribution in [0.2, 0.25) is 0 Å². The lowest BCUT2D eigenvalue weighted by Gasteiger charge is -2.39. The van der Waals surface area contributed by atoms with Crippen LogP contribution in [-0.4, -0.2) is 31.3 Å². The van der Waals surface area contributed by atoms with Gasteiger partial charge in [0.05, 0.1) is 6.10 Å². The third-order valence-electron chi connectivity index (χ3n) is 3.72. The maximum Gasteiger partial charge on any atom is 0.188 e. The summed E-state index contributed by atoms with van der Waals surface area (Å²) in [6.45, 7) is 8.40. The van der Waals surface area contributed by atoms with Crippen molar-refractivity contribution in [1.29, 1.82) is 0 Å². The maximum atomic E-state index is 5.95. The van der Waals surface area contributed by atoms with E-state index in [0.717, 1.165) is 19.6 Å². The van der Waals surface area contributed by atoms with Crippen molar-refractivity contribution >= 4 is 5.96 Å². The van der Waals surface area contributed by atoms with Crippen molar-refractivity contribution in [2.24, 2.45) is 22.1 Å². The van der Waals surface area contributed by atoms with Crippen LogP contribution in [0.5, 0.6) is 0 Å². The summed E-state index contributed by atoms with van der Waals surface area (Å²) in [6, 6.07) is 0.578. The molecule has 1 saturated carbocycles. The third kappa shape index (κ3) is 3.87. The first-order valence-electron chi connectivity index (χ1n) is 7.15. The molecule has 0 aromatic heterocycles. The molecule has 0 spiro atoms. The molecular weight excluding hydrogens is 226 g/mol. The van der Waals surface area contributed by atoms with Crippen LogP contribution in [-0.2, 0) is 4.74 Å². The number of guanidine groups is 1. The van der Waals surface area contributed by atoms with Gasteiger partial charge in [-0.15, -0.1) is 0 Å². The average Bonchev–Trinajstić information content (AvgIpc) is 3.09. The number of aliphatic imine (C=N–C) groups is 1. The number of ether oxygens (including phenoxy) is 1. The summed E-state index contributed by atoms with van der Waals surface area (Å²) in [7, 11) is 0. The second kappa shape index (κ2) is 5.47. The van der Waals surface area contributed by atoms with Gasteiger partial charge in [-0.2, -0.15) is 0 Å². The van der Waals surface area contributed by atoms with E-state index in [0.29, 0.717) is 24.0 Å². The average molecular weight is 253 g/mol. The van der Waals surface area contributed by atoms with Crippen LogP contribution < -0.4 is 11.1 Å². The zero-order chi connectivity index (χ0) is 13.2. The van der Waals surface area contributed by atoms with E-state index < -0.39 is 0 Å². The fraction of sp³-hybridized carbons (Fsp3) is 0.929. The van der Waals surface area contributed by atoms with Gasteiger partial charge in [0.1, 0.15) is 0 Å². The molecule has 0 bridgehead atoms. The number of nitrogens with zero attached hydrogens (tertiary/aromatic N) is 1. The first-order chi connectivity index (χ1) is 8.47. The highest BCUT2D eigenvalue weighted by Crippen LogP contribution is 2.34. The largest absolute Gasteiger partial charge is 0.377 e. The van der Waals surface area contributed by atoms with E-state index in [-0.39, 0.29) is 5.41 Å². The normalized spacial score (nSPS) is 30.3. The highest BCUT2D eigenvalue weighted by Gasteiger charge is 2.35. The summed E-state index contributed by atoms with van der Waals surface area (Å²) in [5.74, 6) is 1.11. The Hall–Kier alpha value is -0.770. The maximum absolute atomic E-state index is 5.95. The quantitative estimate of drug-likeness (QED) is 0.596. The first kappa shape index (κ1) is 13.7. The van der Waals surface area contributed by atoms with Crippen LogP contribution in [0.3, 0.4) is 0 Å². The van der Waals surface area contributed by atoms with E-state index in [1.54, 1.807) is 0 Å². The summed E-state index contributed by atoms with van der Waals surface area (Å²) < 4.78 is 5.95. The highest BCUT2D eigenvalue weighted by atomic mass is 16.5. The molecule has 4 heteroatoms. The summed E-state index contributed by atoms with van der Waals surface area (Å²) in [5.41, 5.74) is 6.06. The lowest BCUT2D eigenvalue weighted by molar-refractivity contribution is -0.0823.